The molecule has 0 aliphatic rings. The first-order valence-electron chi connectivity index (χ1n) is 5.85. The summed E-state index contributed by atoms with van der Waals surface area (Å²) in [5, 5.41) is 8.89. The Bertz CT molecular complexity index is 458. The van der Waals surface area contributed by atoms with Gasteiger partial charge in [0.15, 0.2) is 0 Å². The highest BCUT2D eigenvalue weighted by Crippen LogP contribution is 2.20. The Labute approximate surface area is 111 Å². The largest absolute Gasteiger partial charge is 0.493 e. The van der Waals surface area contributed by atoms with Crippen molar-refractivity contribution in [1.82, 2.24) is 0 Å². The Morgan fingerprint density at radius 2 is 1.95 bits per heavy atom. The number of carbonyl (C=O) groups excluding carboxylic acids is 1. The third-order valence-electron chi connectivity index (χ3n) is 2.49. The lowest BCUT2D eigenvalue weighted by atomic mass is 10.1. The van der Waals surface area contributed by atoms with Gasteiger partial charge in [-0.25, -0.2) is 4.79 Å². The molecule has 1 amide bonds. The zero-order valence-electron chi connectivity index (χ0n) is 10.7. The SMILES string of the molecule is COCCCCOc1cc(C(=O)O)ccc1C(N)=O. The number of carbonyl (C=O) groups is 2. The second kappa shape index (κ2) is 7.38. The normalized spacial score (nSPS) is 10.2. The van der Waals surface area contributed by atoms with Gasteiger partial charge in [-0.3, -0.25) is 4.79 Å². The van der Waals surface area contributed by atoms with E-state index in [0.29, 0.717) is 13.2 Å². The Hall–Kier alpha value is -2.08. The second-order valence-electron chi connectivity index (χ2n) is 3.93. The minimum absolute atomic E-state index is 0.0527. The van der Waals surface area contributed by atoms with E-state index in [0.717, 1.165) is 12.8 Å². The van der Waals surface area contributed by atoms with Gasteiger partial charge in [0.1, 0.15) is 5.75 Å². The fraction of sp³-hybridized carbons (Fsp3) is 0.385. The number of primary amides is 1. The fourth-order valence-corrected chi connectivity index (χ4v) is 1.51. The van der Waals surface area contributed by atoms with E-state index < -0.39 is 11.9 Å². The Kier molecular flexibility index (Phi) is 5.81. The number of carboxylic acid groups (broad SMARTS) is 1. The number of unbranched alkanes of at least 4 members (excludes halogenated alkanes) is 1. The minimum Gasteiger partial charge on any atom is -0.493 e. The molecule has 3 N–H and O–H groups in total. The number of hydrogen-bond donors (Lipinski definition) is 2. The fourth-order valence-electron chi connectivity index (χ4n) is 1.51. The van der Waals surface area contributed by atoms with Crippen LogP contribution in [0.1, 0.15) is 33.6 Å². The number of hydrogen-bond acceptors (Lipinski definition) is 4. The summed E-state index contributed by atoms with van der Waals surface area (Å²) in [4.78, 5) is 22.1. The van der Waals surface area contributed by atoms with Crippen molar-refractivity contribution < 1.29 is 24.2 Å². The molecule has 6 nitrogen and oxygen atoms in total. The lowest BCUT2D eigenvalue weighted by molar-refractivity contribution is 0.0695. The van der Waals surface area contributed by atoms with Gasteiger partial charge in [-0.15, -0.1) is 0 Å². The van der Waals surface area contributed by atoms with Crippen LogP contribution in [0.25, 0.3) is 0 Å². The van der Waals surface area contributed by atoms with Crippen LogP contribution in [0.4, 0.5) is 0 Å². The first kappa shape index (κ1) is 15.0. The van der Waals surface area contributed by atoms with Crippen molar-refractivity contribution in [3.05, 3.63) is 29.3 Å². The molecular weight excluding hydrogens is 250 g/mol. The predicted octanol–water partition coefficient (Wildman–Crippen LogP) is 1.29. The van der Waals surface area contributed by atoms with Crippen LogP contribution in [-0.2, 0) is 4.74 Å². The second-order valence-corrected chi connectivity index (χ2v) is 3.93. The van der Waals surface area contributed by atoms with Gasteiger partial charge >= 0.3 is 5.97 Å². The Morgan fingerprint density at radius 3 is 2.53 bits per heavy atom. The lowest BCUT2D eigenvalue weighted by Gasteiger charge is -2.10. The maximum Gasteiger partial charge on any atom is 0.335 e. The third kappa shape index (κ3) is 4.59. The van der Waals surface area contributed by atoms with Crippen LogP contribution in [-0.4, -0.2) is 37.3 Å². The Balaban J connectivity index is 2.74. The van der Waals surface area contributed by atoms with Crippen molar-refractivity contribution >= 4 is 11.9 Å². The molecule has 0 aliphatic heterocycles. The highest BCUT2D eigenvalue weighted by molar-refractivity contribution is 5.97. The smallest absolute Gasteiger partial charge is 0.335 e. The van der Waals surface area contributed by atoms with Crippen LogP contribution in [0.15, 0.2) is 18.2 Å². The molecule has 1 aromatic rings. The molecule has 0 saturated heterocycles. The van der Waals surface area contributed by atoms with Gasteiger partial charge in [0.25, 0.3) is 5.91 Å². The molecule has 6 heteroatoms. The van der Waals surface area contributed by atoms with Crippen molar-refractivity contribution in [2.75, 3.05) is 20.3 Å². The van der Waals surface area contributed by atoms with Crippen LogP contribution in [0.3, 0.4) is 0 Å². The maximum atomic E-state index is 11.2. The van der Waals surface area contributed by atoms with Crippen molar-refractivity contribution in [3.63, 3.8) is 0 Å². The van der Waals surface area contributed by atoms with Crippen molar-refractivity contribution in [1.29, 1.82) is 0 Å². The van der Waals surface area contributed by atoms with Crippen LogP contribution in [0.2, 0.25) is 0 Å². The van der Waals surface area contributed by atoms with Gasteiger partial charge in [0.05, 0.1) is 17.7 Å². The van der Waals surface area contributed by atoms with Crippen molar-refractivity contribution in [3.8, 4) is 5.75 Å². The van der Waals surface area contributed by atoms with Gasteiger partial charge in [-0.1, -0.05) is 0 Å². The summed E-state index contributed by atoms with van der Waals surface area (Å²) < 4.78 is 10.3. The van der Waals surface area contributed by atoms with Crippen molar-refractivity contribution in [2.45, 2.75) is 12.8 Å². The van der Waals surface area contributed by atoms with E-state index in [1.165, 1.54) is 18.2 Å². The number of rotatable bonds is 8. The molecule has 0 fully saturated rings. The van der Waals surface area contributed by atoms with E-state index in [9.17, 15) is 9.59 Å². The van der Waals surface area contributed by atoms with Gasteiger partial charge in [0.2, 0.25) is 0 Å². The topological polar surface area (TPSA) is 98.8 Å². The molecule has 19 heavy (non-hydrogen) atoms. The van der Waals surface area contributed by atoms with E-state index in [4.69, 9.17) is 20.3 Å². The summed E-state index contributed by atoms with van der Waals surface area (Å²) >= 11 is 0. The molecule has 0 spiro atoms. The van der Waals surface area contributed by atoms with Gasteiger partial charge in [0, 0.05) is 13.7 Å². The zero-order valence-corrected chi connectivity index (χ0v) is 10.7. The lowest BCUT2D eigenvalue weighted by Crippen LogP contribution is -2.14. The maximum absolute atomic E-state index is 11.2. The Morgan fingerprint density at radius 1 is 1.26 bits per heavy atom. The molecule has 0 aliphatic carbocycles. The summed E-state index contributed by atoms with van der Waals surface area (Å²) in [6, 6.07) is 3.98. The summed E-state index contributed by atoms with van der Waals surface area (Å²) in [7, 11) is 1.61. The molecule has 0 bridgehead atoms. The summed E-state index contributed by atoms with van der Waals surface area (Å²) in [5.41, 5.74) is 5.44. The molecule has 104 valence electrons. The number of benzene rings is 1. The van der Waals surface area contributed by atoms with Crippen LogP contribution >= 0.6 is 0 Å². The standard InChI is InChI=1S/C13H17NO5/c1-18-6-2-3-7-19-11-8-9(13(16)17)4-5-10(11)12(14)15/h4-5,8H,2-3,6-7H2,1H3,(H2,14,15)(H,16,17). The molecule has 0 radical (unpaired) electrons. The van der Waals surface area contributed by atoms with Gasteiger partial charge < -0.3 is 20.3 Å². The quantitative estimate of drug-likeness (QED) is 0.691. The first-order chi connectivity index (χ1) is 9.06. The number of carboxylic acids is 1. The molecule has 0 heterocycles. The number of aromatic carboxylic acids is 1. The summed E-state index contributed by atoms with van der Waals surface area (Å²) in [6.45, 7) is 0.994. The van der Waals surface area contributed by atoms with E-state index >= 15 is 0 Å². The molecular formula is C13H17NO5. The first-order valence-corrected chi connectivity index (χ1v) is 5.85. The molecule has 0 saturated carbocycles. The number of ether oxygens (including phenoxy) is 2. The van der Waals surface area contributed by atoms with E-state index in [-0.39, 0.29) is 16.9 Å². The van der Waals surface area contributed by atoms with Gasteiger partial charge in [-0.05, 0) is 31.0 Å². The monoisotopic (exact) mass is 267 g/mol. The number of methoxy groups -OCH3 is 1. The number of nitrogens with two attached hydrogens (primary N) is 1. The summed E-state index contributed by atoms with van der Waals surface area (Å²) in [5.74, 6) is -1.53. The van der Waals surface area contributed by atoms with E-state index in [1.54, 1.807) is 7.11 Å². The highest BCUT2D eigenvalue weighted by atomic mass is 16.5. The molecule has 0 atom stereocenters. The van der Waals surface area contributed by atoms with Crippen LogP contribution < -0.4 is 10.5 Å². The molecule has 0 unspecified atom stereocenters. The van der Waals surface area contributed by atoms with Crippen LogP contribution in [0.5, 0.6) is 5.75 Å². The zero-order chi connectivity index (χ0) is 14.3. The van der Waals surface area contributed by atoms with E-state index in [1.807, 2.05) is 0 Å². The molecule has 1 aromatic carbocycles. The van der Waals surface area contributed by atoms with Gasteiger partial charge in [-0.2, -0.15) is 0 Å². The predicted molar refractivity (Wildman–Crippen MR) is 68.5 cm³/mol. The summed E-state index contributed by atoms with van der Waals surface area (Å²) in [6.07, 6.45) is 1.56. The minimum atomic E-state index is -1.08. The highest BCUT2D eigenvalue weighted by Gasteiger charge is 2.13. The average molecular weight is 267 g/mol. The van der Waals surface area contributed by atoms with E-state index in [2.05, 4.69) is 0 Å². The number of amides is 1. The van der Waals surface area contributed by atoms with Crippen molar-refractivity contribution in [2.24, 2.45) is 5.73 Å². The average Bonchev–Trinajstić information content (AvgIpc) is 2.38. The molecule has 1 rings (SSSR count). The third-order valence-corrected chi connectivity index (χ3v) is 2.49. The van der Waals surface area contributed by atoms with Crippen LogP contribution in [0, 0.1) is 0 Å². The molecule has 0 aromatic heterocycles.